The molecular formula is C14H20N4O. The first kappa shape index (κ1) is 13.5. The first-order valence-corrected chi connectivity index (χ1v) is 6.54. The highest BCUT2D eigenvalue weighted by molar-refractivity contribution is 5.96. The average molecular weight is 260 g/mol. The van der Waals surface area contributed by atoms with Gasteiger partial charge < -0.3 is 16.0 Å². The van der Waals surface area contributed by atoms with Crippen molar-refractivity contribution in [1.82, 2.24) is 9.97 Å². The second-order valence-electron chi connectivity index (χ2n) is 4.95. The van der Waals surface area contributed by atoms with Crippen molar-refractivity contribution in [3.8, 4) is 0 Å². The number of benzene rings is 1. The number of nitrogens with zero attached hydrogens (tertiary/aromatic N) is 1. The molecule has 2 atom stereocenters. The molecule has 1 aromatic heterocycles. The van der Waals surface area contributed by atoms with Crippen LogP contribution in [0.4, 0.5) is 5.69 Å². The van der Waals surface area contributed by atoms with Crippen LogP contribution in [-0.2, 0) is 4.79 Å². The van der Waals surface area contributed by atoms with Crippen LogP contribution in [0.1, 0.15) is 26.1 Å². The standard InChI is InChI=1S/C14H20N4O/c1-4-8(2)13(15)14(19)18-10-5-6-11-12(7-10)17-9(3)16-11/h5-8,13H,4,15H2,1-3H3,(H,16,17)(H,18,19)/t8?,13-/m0/s1. The fraction of sp³-hybridized carbons (Fsp3) is 0.429. The van der Waals surface area contributed by atoms with Gasteiger partial charge in [0.25, 0.3) is 0 Å². The number of rotatable bonds is 4. The molecule has 0 bridgehead atoms. The largest absolute Gasteiger partial charge is 0.342 e. The average Bonchev–Trinajstić information content (AvgIpc) is 2.76. The number of aryl methyl sites for hydroxylation is 1. The zero-order valence-corrected chi connectivity index (χ0v) is 11.5. The Hall–Kier alpha value is -1.88. The molecule has 19 heavy (non-hydrogen) atoms. The number of anilines is 1. The van der Waals surface area contributed by atoms with E-state index >= 15 is 0 Å². The SMILES string of the molecule is CCC(C)[C@H](N)C(=O)Nc1ccc2nc(C)[nH]c2c1. The Morgan fingerprint density at radius 3 is 2.95 bits per heavy atom. The summed E-state index contributed by atoms with van der Waals surface area (Å²) in [7, 11) is 0. The lowest BCUT2D eigenvalue weighted by Crippen LogP contribution is -2.40. The first-order chi connectivity index (χ1) is 9.01. The number of nitrogens with one attached hydrogen (secondary N) is 2. The van der Waals surface area contributed by atoms with Crippen LogP contribution in [0.15, 0.2) is 18.2 Å². The molecule has 0 saturated heterocycles. The molecule has 0 aliphatic heterocycles. The summed E-state index contributed by atoms with van der Waals surface area (Å²) >= 11 is 0. The van der Waals surface area contributed by atoms with E-state index in [2.05, 4.69) is 15.3 Å². The number of carbonyl (C=O) groups excluding carboxylic acids is 1. The van der Waals surface area contributed by atoms with E-state index in [1.54, 1.807) is 0 Å². The number of hydrogen-bond acceptors (Lipinski definition) is 3. The van der Waals surface area contributed by atoms with Gasteiger partial charge in [-0.3, -0.25) is 4.79 Å². The van der Waals surface area contributed by atoms with Crippen molar-refractivity contribution in [2.24, 2.45) is 11.7 Å². The minimum absolute atomic E-state index is 0.148. The molecule has 0 aliphatic carbocycles. The van der Waals surface area contributed by atoms with E-state index in [1.165, 1.54) is 0 Å². The predicted molar refractivity (Wildman–Crippen MR) is 76.9 cm³/mol. The Balaban J connectivity index is 2.14. The molecule has 2 rings (SSSR count). The third-order valence-corrected chi connectivity index (χ3v) is 3.43. The van der Waals surface area contributed by atoms with Crippen LogP contribution < -0.4 is 11.1 Å². The second kappa shape index (κ2) is 5.40. The lowest BCUT2D eigenvalue weighted by Gasteiger charge is -2.17. The highest BCUT2D eigenvalue weighted by atomic mass is 16.2. The van der Waals surface area contributed by atoms with Crippen molar-refractivity contribution in [3.05, 3.63) is 24.0 Å². The van der Waals surface area contributed by atoms with Crippen molar-refractivity contribution >= 4 is 22.6 Å². The maximum absolute atomic E-state index is 12.0. The lowest BCUT2D eigenvalue weighted by atomic mass is 9.99. The summed E-state index contributed by atoms with van der Waals surface area (Å²) < 4.78 is 0. The van der Waals surface area contributed by atoms with Gasteiger partial charge in [0.05, 0.1) is 17.1 Å². The number of imidazole rings is 1. The van der Waals surface area contributed by atoms with E-state index in [9.17, 15) is 4.79 Å². The molecule has 0 spiro atoms. The van der Waals surface area contributed by atoms with Crippen molar-refractivity contribution < 1.29 is 4.79 Å². The van der Waals surface area contributed by atoms with Gasteiger partial charge in [0, 0.05) is 5.69 Å². The van der Waals surface area contributed by atoms with Crippen LogP contribution in [0.3, 0.4) is 0 Å². The normalized spacial score (nSPS) is 14.3. The maximum atomic E-state index is 12.0. The molecule has 1 aromatic carbocycles. The highest BCUT2D eigenvalue weighted by Crippen LogP contribution is 2.17. The summed E-state index contributed by atoms with van der Waals surface area (Å²) in [5.74, 6) is 0.873. The minimum atomic E-state index is -0.482. The van der Waals surface area contributed by atoms with Crippen LogP contribution in [-0.4, -0.2) is 21.9 Å². The number of H-pyrrole nitrogens is 1. The van der Waals surface area contributed by atoms with Crippen molar-refractivity contribution in [2.45, 2.75) is 33.2 Å². The second-order valence-corrected chi connectivity index (χ2v) is 4.95. The number of hydrogen-bond donors (Lipinski definition) is 3. The molecule has 5 heteroatoms. The quantitative estimate of drug-likeness (QED) is 0.787. The maximum Gasteiger partial charge on any atom is 0.241 e. The van der Waals surface area contributed by atoms with Gasteiger partial charge >= 0.3 is 0 Å². The van der Waals surface area contributed by atoms with Crippen LogP contribution >= 0.6 is 0 Å². The minimum Gasteiger partial charge on any atom is -0.342 e. The van der Waals surface area contributed by atoms with Gasteiger partial charge in [-0.2, -0.15) is 0 Å². The number of aromatic amines is 1. The van der Waals surface area contributed by atoms with Gasteiger partial charge in [-0.15, -0.1) is 0 Å². The van der Waals surface area contributed by atoms with Gasteiger partial charge in [-0.25, -0.2) is 4.98 Å². The van der Waals surface area contributed by atoms with Crippen LogP contribution in [0, 0.1) is 12.8 Å². The van der Waals surface area contributed by atoms with Gasteiger partial charge in [-0.05, 0) is 31.0 Å². The topological polar surface area (TPSA) is 83.8 Å². The zero-order valence-electron chi connectivity index (χ0n) is 11.5. The van der Waals surface area contributed by atoms with Crippen LogP contribution in [0.5, 0.6) is 0 Å². The van der Waals surface area contributed by atoms with E-state index in [-0.39, 0.29) is 11.8 Å². The summed E-state index contributed by atoms with van der Waals surface area (Å²) in [5, 5.41) is 2.85. The molecule has 0 fully saturated rings. The summed E-state index contributed by atoms with van der Waals surface area (Å²) in [5.41, 5.74) is 8.44. The van der Waals surface area contributed by atoms with Crippen molar-refractivity contribution in [1.29, 1.82) is 0 Å². The van der Waals surface area contributed by atoms with Crippen molar-refractivity contribution in [3.63, 3.8) is 0 Å². The fourth-order valence-corrected chi connectivity index (χ4v) is 1.95. The number of amides is 1. The van der Waals surface area contributed by atoms with Gasteiger partial charge in [0.1, 0.15) is 5.82 Å². The van der Waals surface area contributed by atoms with E-state index in [0.29, 0.717) is 0 Å². The first-order valence-electron chi connectivity index (χ1n) is 6.54. The Bertz CT molecular complexity index is 590. The van der Waals surface area contributed by atoms with Gasteiger partial charge in [-0.1, -0.05) is 20.3 Å². The molecule has 0 radical (unpaired) electrons. The van der Waals surface area contributed by atoms with Crippen LogP contribution in [0.25, 0.3) is 11.0 Å². The fourth-order valence-electron chi connectivity index (χ4n) is 1.95. The number of nitrogens with two attached hydrogens (primary N) is 1. The van der Waals surface area contributed by atoms with E-state index in [4.69, 9.17) is 5.73 Å². The Morgan fingerprint density at radius 2 is 2.26 bits per heavy atom. The molecule has 1 heterocycles. The molecular weight excluding hydrogens is 240 g/mol. The molecule has 1 unspecified atom stereocenters. The zero-order chi connectivity index (χ0) is 14.0. The third-order valence-electron chi connectivity index (χ3n) is 3.43. The lowest BCUT2D eigenvalue weighted by molar-refractivity contribution is -0.118. The van der Waals surface area contributed by atoms with Gasteiger partial charge in [0.2, 0.25) is 5.91 Å². The summed E-state index contributed by atoms with van der Waals surface area (Å²) in [6.07, 6.45) is 0.882. The Kier molecular flexibility index (Phi) is 3.85. The molecule has 0 saturated carbocycles. The van der Waals surface area contributed by atoms with E-state index in [0.717, 1.165) is 29.0 Å². The molecule has 0 aliphatic rings. The summed E-state index contributed by atoms with van der Waals surface area (Å²) in [6, 6.07) is 5.10. The van der Waals surface area contributed by atoms with Crippen LogP contribution in [0.2, 0.25) is 0 Å². The molecule has 1 amide bonds. The smallest absolute Gasteiger partial charge is 0.241 e. The summed E-state index contributed by atoms with van der Waals surface area (Å²) in [6.45, 7) is 5.90. The van der Waals surface area contributed by atoms with Crippen molar-refractivity contribution in [2.75, 3.05) is 5.32 Å². The molecule has 2 aromatic rings. The highest BCUT2D eigenvalue weighted by Gasteiger charge is 2.19. The number of aromatic nitrogens is 2. The number of fused-ring (bicyclic) bond motifs is 1. The Labute approximate surface area is 112 Å². The molecule has 4 N–H and O–H groups in total. The third kappa shape index (κ3) is 2.93. The Morgan fingerprint density at radius 1 is 1.53 bits per heavy atom. The van der Waals surface area contributed by atoms with E-state index < -0.39 is 6.04 Å². The predicted octanol–water partition coefficient (Wildman–Crippen LogP) is 2.18. The monoisotopic (exact) mass is 260 g/mol. The molecule has 102 valence electrons. The van der Waals surface area contributed by atoms with Gasteiger partial charge in [0.15, 0.2) is 0 Å². The summed E-state index contributed by atoms with van der Waals surface area (Å²) in [4.78, 5) is 19.5. The molecule has 5 nitrogen and oxygen atoms in total. The van der Waals surface area contributed by atoms with E-state index in [1.807, 2.05) is 39.0 Å². The number of carbonyl (C=O) groups is 1.